The third-order valence-corrected chi connectivity index (χ3v) is 4.14. The summed E-state index contributed by atoms with van der Waals surface area (Å²) in [6.45, 7) is 1.36. The molecule has 6 heteroatoms. The summed E-state index contributed by atoms with van der Waals surface area (Å²) in [5.74, 6) is -1.43. The van der Waals surface area contributed by atoms with Crippen LogP contribution in [0.4, 0.5) is 0 Å². The number of methoxy groups -OCH3 is 1. The van der Waals surface area contributed by atoms with Crippen LogP contribution in [-0.2, 0) is 0 Å². The minimum atomic E-state index is -1.38. The van der Waals surface area contributed by atoms with Crippen LogP contribution in [0.5, 0.6) is 11.5 Å². The number of ketones is 2. The van der Waals surface area contributed by atoms with Crippen molar-refractivity contribution in [3.05, 3.63) is 58.1 Å². The van der Waals surface area contributed by atoms with Gasteiger partial charge >= 0.3 is 0 Å². The Labute approximate surface area is 137 Å². The molecule has 0 spiro atoms. The van der Waals surface area contributed by atoms with E-state index in [0.29, 0.717) is 0 Å². The van der Waals surface area contributed by atoms with Crippen molar-refractivity contribution >= 4 is 11.6 Å². The molecule has 2 aromatic carbocycles. The molecule has 0 radical (unpaired) electrons. The third-order valence-electron chi connectivity index (χ3n) is 4.14. The Kier molecular flexibility index (Phi) is 3.87. The van der Waals surface area contributed by atoms with E-state index in [2.05, 4.69) is 0 Å². The van der Waals surface area contributed by atoms with Crippen molar-refractivity contribution in [2.75, 3.05) is 7.11 Å². The number of hydrogen-bond donors (Lipinski definition) is 3. The van der Waals surface area contributed by atoms with Gasteiger partial charge in [0, 0.05) is 16.7 Å². The molecule has 0 saturated heterocycles. The van der Waals surface area contributed by atoms with Crippen LogP contribution < -0.4 is 4.74 Å². The summed E-state index contributed by atoms with van der Waals surface area (Å²) in [5.41, 5.74) is 0.199. The third kappa shape index (κ3) is 2.19. The summed E-state index contributed by atoms with van der Waals surface area (Å²) < 4.78 is 5.25. The number of rotatable bonds is 3. The number of aliphatic hydroxyl groups is 2. The fraction of sp³-hybridized carbons (Fsp3) is 0.222. The molecule has 2 atom stereocenters. The number of phenols is 1. The van der Waals surface area contributed by atoms with E-state index >= 15 is 0 Å². The van der Waals surface area contributed by atoms with Gasteiger partial charge in [-0.05, 0) is 13.0 Å². The normalized spacial score (nSPS) is 15.5. The largest absolute Gasteiger partial charge is 0.507 e. The second-order valence-electron chi connectivity index (χ2n) is 5.66. The molecule has 1 aliphatic carbocycles. The summed E-state index contributed by atoms with van der Waals surface area (Å²) in [7, 11) is 1.29. The van der Waals surface area contributed by atoms with Crippen LogP contribution in [0, 0.1) is 0 Å². The highest BCUT2D eigenvalue weighted by molar-refractivity contribution is 6.30. The molecule has 0 bridgehead atoms. The lowest BCUT2D eigenvalue weighted by atomic mass is 9.81. The van der Waals surface area contributed by atoms with E-state index < -0.39 is 29.5 Å². The molecule has 0 aliphatic heterocycles. The Balaban J connectivity index is 2.34. The summed E-state index contributed by atoms with van der Waals surface area (Å²) in [5, 5.41) is 30.1. The standard InChI is InChI=1S/C18H16O6/c1-8(19)15(21)11-7-12(20)13-14(18(11)24-2)17(23)10-6-4-3-5-9(10)16(13)22/h3-8,15,19-21H,1-2H3. The Morgan fingerprint density at radius 3 is 2.04 bits per heavy atom. The Morgan fingerprint density at radius 1 is 1.00 bits per heavy atom. The Bertz CT molecular complexity index is 853. The maximum atomic E-state index is 12.8. The van der Waals surface area contributed by atoms with E-state index in [-0.39, 0.29) is 33.6 Å². The molecule has 24 heavy (non-hydrogen) atoms. The maximum absolute atomic E-state index is 12.8. The first-order chi connectivity index (χ1) is 11.4. The second kappa shape index (κ2) is 5.74. The van der Waals surface area contributed by atoms with Gasteiger partial charge in [0.1, 0.15) is 17.6 Å². The van der Waals surface area contributed by atoms with E-state index in [1.165, 1.54) is 26.2 Å². The van der Waals surface area contributed by atoms with Gasteiger partial charge in [-0.15, -0.1) is 0 Å². The SMILES string of the molecule is COc1c(C(O)C(C)O)cc(O)c2c1C(=O)c1ccccc1C2=O. The number of aromatic hydroxyl groups is 1. The average molecular weight is 328 g/mol. The van der Waals surface area contributed by atoms with Crippen LogP contribution in [-0.4, -0.2) is 40.1 Å². The minimum absolute atomic E-state index is 0.0240. The van der Waals surface area contributed by atoms with Crippen molar-refractivity contribution in [2.24, 2.45) is 0 Å². The van der Waals surface area contributed by atoms with Crippen molar-refractivity contribution in [1.82, 2.24) is 0 Å². The van der Waals surface area contributed by atoms with E-state index in [1.807, 2.05) is 0 Å². The van der Waals surface area contributed by atoms with E-state index in [1.54, 1.807) is 12.1 Å². The predicted octanol–water partition coefficient (Wildman–Crippen LogP) is 1.59. The number of carbonyl (C=O) groups excluding carboxylic acids is 2. The molecule has 0 fully saturated rings. The van der Waals surface area contributed by atoms with Crippen molar-refractivity contribution in [1.29, 1.82) is 0 Å². The second-order valence-corrected chi connectivity index (χ2v) is 5.66. The highest BCUT2D eigenvalue weighted by atomic mass is 16.5. The topological polar surface area (TPSA) is 104 Å². The van der Waals surface area contributed by atoms with E-state index in [0.717, 1.165) is 6.07 Å². The van der Waals surface area contributed by atoms with Gasteiger partial charge in [0.05, 0.1) is 24.3 Å². The molecular weight excluding hydrogens is 312 g/mol. The smallest absolute Gasteiger partial charge is 0.198 e. The fourth-order valence-corrected chi connectivity index (χ4v) is 2.97. The molecule has 3 N–H and O–H groups in total. The number of phenolic OH excluding ortho intramolecular Hbond substituents is 1. The van der Waals surface area contributed by atoms with Crippen LogP contribution in [0.25, 0.3) is 0 Å². The number of aliphatic hydroxyl groups excluding tert-OH is 2. The molecule has 0 amide bonds. The Morgan fingerprint density at radius 2 is 1.54 bits per heavy atom. The van der Waals surface area contributed by atoms with Crippen molar-refractivity contribution in [3.8, 4) is 11.5 Å². The van der Waals surface area contributed by atoms with Crippen LogP contribution in [0.15, 0.2) is 30.3 Å². The average Bonchev–Trinajstić information content (AvgIpc) is 2.58. The molecule has 0 heterocycles. The molecule has 1 aliphatic rings. The zero-order chi connectivity index (χ0) is 17.6. The van der Waals surface area contributed by atoms with Gasteiger partial charge in [-0.2, -0.15) is 0 Å². The number of benzene rings is 2. The zero-order valence-electron chi connectivity index (χ0n) is 13.1. The van der Waals surface area contributed by atoms with Crippen LogP contribution in [0.1, 0.15) is 50.4 Å². The van der Waals surface area contributed by atoms with Crippen molar-refractivity contribution in [2.45, 2.75) is 19.1 Å². The lowest BCUT2D eigenvalue weighted by Crippen LogP contribution is -2.24. The number of carbonyl (C=O) groups is 2. The highest BCUT2D eigenvalue weighted by Gasteiger charge is 2.37. The highest BCUT2D eigenvalue weighted by Crippen LogP contribution is 2.42. The summed E-state index contributed by atoms with van der Waals surface area (Å²) >= 11 is 0. The lowest BCUT2D eigenvalue weighted by Gasteiger charge is -2.25. The molecule has 2 unspecified atom stereocenters. The first kappa shape index (κ1) is 16.2. The van der Waals surface area contributed by atoms with Gasteiger partial charge in [0.2, 0.25) is 0 Å². The van der Waals surface area contributed by atoms with Gasteiger partial charge in [-0.3, -0.25) is 9.59 Å². The predicted molar refractivity (Wildman–Crippen MR) is 84.6 cm³/mol. The van der Waals surface area contributed by atoms with Crippen molar-refractivity contribution in [3.63, 3.8) is 0 Å². The minimum Gasteiger partial charge on any atom is -0.507 e. The molecule has 2 aromatic rings. The van der Waals surface area contributed by atoms with Crippen molar-refractivity contribution < 1.29 is 29.6 Å². The molecule has 6 nitrogen and oxygen atoms in total. The van der Waals surface area contributed by atoms with Gasteiger partial charge in [-0.25, -0.2) is 0 Å². The van der Waals surface area contributed by atoms with Crippen LogP contribution in [0.3, 0.4) is 0 Å². The lowest BCUT2D eigenvalue weighted by molar-refractivity contribution is 0.0288. The molecule has 0 saturated carbocycles. The van der Waals surface area contributed by atoms with E-state index in [4.69, 9.17) is 4.74 Å². The van der Waals surface area contributed by atoms with Gasteiger partial charge in [-0.1, -0.05) is 24.3 Å². The first-order valence-electron chi connectivity index (χ1n) is 7.36. The molecule has 0 aromatic heterocycles. The van der Waals surface area contributed by atoms with Gasteiger partial charge in [0.25, 0.3) is 0 Å². The number of ether oxygens (including phenoxy) is 1. The quantitative estimate of drug-likeness (QED) is 0.674. The molecule has 3 rings (SSSR count). The van der Waals surface area contributed by atoms with Gasteiger partial charge in [0.15, 0.2) is 11.6 Å². The maximum Gasteiger partial charge on any atom is 0.198 e. The summed E-state index contributed by atoms with van der Waals surface area (Å²) in [6.07, 6.45) is -2.53. The molecule has 124 valence electrons. The number of fused-ring (bicyclic) bond motifs is 2. The summed E-state index contributed by atoms with van der Waals surface area (Å²) in [6, 6.07) is 7.45. The molecular formula is C18H16O6. The zero-order valence-corrected chi connectivity index (χ0v) is 13.1. The van der Waals surface area contributed by atoms with Gasteiger partial charge < -0.3 is 20.1 Å². The fourth-order valence-electron chi connectivity index (χ4n) is 2.97. The van der Waals surface area contributed by atoms with E-state index in [9.17, 15) is 24.9 Å². The summed E-state index contributed by atoms with van der Waals surface area (Å²) in [4.78, 5) is 25.5. The monoisotopic (exact) mass is 328 g/mol. The van der Waals surface area contributed by atoms with Crippen LogP contribution in [0.2, 0.25) is 0 Å². The number of hydrogen-bond acceptors (Lipinski definition) is 6. The first-order valence-corrected chi connectivity index (χ1v) is 7.36. The van der Waals surface area contributed by atoms with Crippen LogP contribution >= 0.6 is 0 Å². The Hall–Kier alpha value is -2.70.